The first-order valence-electron chi connectivity index (χ1n) is 11.6. The number of hydrogen-bond acceptors (Lipinski definition) is 7. The molecular formula is C26H24N4O8. The Labute approximate surface area is 216 Å². The Bertz CT molecular complexity index is 1340. The number of imide groups is 1. The molecule has 0 spiro atoms. The number of amides is 5. The van der Waals surface area contributed by atoms with Crippen molar-refractivity contribution in [1.82, 2.24) is 15.5 Å². The Morgan fingerprint density at radius 1 is 1.08 bits per heavy atom. The highest BCUT2D eigenvalue weighted by Crippen LogP contribution is 2.32. The number of anilines is 1. The van der Waals surface area contributed by atoms with Gasteiger partial charge >= 0.3 is 12.1 Å². The number of carbonyl (C=O) groups excluding carboxylic acids is 5. The largest absolute Gasteiger partial charge is 0.480 e. The van der Waals surface area contributed by atoms with Gasteiger partial charge in [0.15, 0.2) is 6.61 Å². The maximum atomic E-state index is 13.1. The molecule has 196 valence electrons. The SMILES string of the molecule is C=C1CCC(N2C(=O)c3cccc(NC(=O)OCC(=O)N[C@@H](Cc4ccccc4)C(=O)O)c3C2=O)C(=O)N1. The summed E-state index contributed by atoms with van der Waals surface area (Å²) >= 11 is 0. The number of carboxylic acids is 1. The van der Waals surface area contributed by atoms with E-state index in [9.17, 15) is 33.9 Å². The van der Waals surface area contributed by atoms with Gasteiger partial charge in [-0.15, -0.1) is 0 Å². The average molecular weight is 520 g/mol. The van der Waals surface area contributed by atoms with E-state index < -0.39 is 54.4 Å². The van der Waals surface area contributed by atoms with Crippen LogP contribution in [0, 0.1) is 0 Å². The molecule has 4 N–H and O–H groups in total. The molecule has 1 unspecified atom stereocenters. The normalized spacial score (nSPS) is 17.4. The highest BCUT2D eigenvalue weighted by Gasteiger charge is 2.45. The number of fused-ring (bicyclic) bond motifs is 1. The van der Waals surface area contributed by atoms with Crippen LogP contribution < -0.4 is 16.0 Å². The number of nitrogens with zero attached hydrogens (tertiary/aromatic N) is 1. The fraction of sp³-hybridized carbons (Fsp3) is 0.231. The number of carbonyl (C=O) groups is 6. The van der Waals surface area contributed by atoms with E-state index in [0.717, 1.165) is 4.90 Å². The number of carboxylic acid groups (broad SMARTS) is 1. The summed E-state index contributed by atoms with van der Waals surface area (Å²) in [4.78, 5) is 75.4. The van der Waals surface area contributed by atoms with E-state index in [2.05, 4.69) is 22.5 Å². The van der Waals surface area contributed by atoms with Crippen molar-refractivity contribution in [3.05, 3.63) is 77.5 Å². The lowest BCUT2D eigenvalue weighted by Crippen LogP contribution is -2.51. The highest BCUT2D eigenvalue weighted by molar-refractivity contribution is 6.25. The molecule has 38 heavy (non-hydrogen) atoms. The summed E-state index contributed by atoms with van der Waals surface area (Å²) in [7, 11) is 0. The number of hydrogen-bond donors (Lipinski definition) is 4. The second-order valence-corrected chi connectivity index (χ2v) is 8.70. The molecule has 0 radical (unpaired) electrons. The molecule has 12 heteroatoms. The van der Waals surface area contributed by atoms with E-state index in [4.69, 9.17) is 4.74 Å². The number of ether oxygens (including phenoxy) is 1. The molecule has 0 aliphatic carbocycles. The highest BCUT2D eigenvalue weighted by atomic mass is 16.6. The third kappa shape index (κ3) is 5.53. The van der Waals surface area contributed by atoms with Crippen molar-refractivity contribution in [2.75, 3.05) is 11.9 Å². The van der Waals surface area contributed by atoms with E-state index in [1.54, 1.807) is 30.3 Å². The van der Waals surface area contributed by atoms with Crippen LogP contribution in [0.2, 0.25) is 0 Å². The number of benzene rings is 2. The van der Waals surface area contributed by atoms with Crippen molar-refractivity contribution in [2.45, 2.75) is 31.3 Å². The lowest BCUT2D eigenvalue weighted by molar-refractivity contribution is -0.142. The van der Waals surface area contributed by atoms with Crippen LogP contribution in [0.4, 0.5) is 10.5 Å². The van der Waals surface area contributed by atoms with Crippen LogP contribution in [-0.2, 0) is 25.5 Å². The molecule has 0 bridgehead atoms. The smallest absolute Gasteiger partial charge is 0.412 e. The number of rotatable bonds is 8. The predicted octanol–water partition coefficient (Wildman–Crippen LogP) is 1.44. The summed E-state index contributed by atoms with van der Waals surface area (Å²) in [5, 5.41) is 16.6. The molecule has 4 rings (SSSR count). The van der Waals surface area contributed by atoms with Crippen molar-refractivity contribution in [3.63, 3.8) is 0 Å². The monoisotopic (exact) mass is 520 g/mol. The fourth-order valence-electron chi connectivity index (χ4n) is 4.26. The van der Waals surface area contributed by atoms with Crippen LogP contribution >= 0.6 is 0 Å². The molecule has 1 fully saturated rings. The summed E-state index contributed by atoms with van der Waals surface area (Å²) in [5.41, 5.74) is 1.05. The average Bonchev–Trinajstić information content (AvgIpc) is 3.13. The first kappa shape index (κ1) is 26.1. The molecule has 5 amide bonds. The van der Waals surface area contributed by atoms with Gasteiger partial charge in [0.2, 0.25) is 5.91 Å². The van der Waals surface area contributed by atoms with Crippen LogP contribution in [0.5, 0.6) is 0 Å². The summed E-state index contributed by atoms with van der Waals surface area (Å²) in [6.45, 7) is 2.90. The Balaban J connectivity index is 1.38. The molecule has 2 aromatic rings. The van der Waals surface area contributed by atoms with E-state index in [1.165, 1.54) is 18.2 Å². The van der Waals surface area contributed by atoms with Gasteiger partial charge < -0.3 is 20.5 Å². The minimum atomic E-state index is -1.25. The maximum Gasteiger partial charge on any atom is 0.412 e. The van der Waals surface area contributed by atoms with Crippen molar-refractivity contribution in [2.24, 2.45) is 0 Å². The molecule has 2 aliphatic heterocycles. The van der Waals surface area contributed by atoms with Gasteiger partial charge in [0.1, 0.15) is 12.1 Å². The first-order chi connectivity index (χ1) is 18.2. The van der Waals surface area contributed by atoms with Gasteiger partial charge in [0.25, 0.3) is 17.7 Å². The van der Waals surface area contributed by atoms with Crippen LogP contribution in [0.25, 0.3) is 0 Å². The third-order valence-electron chi connectivity index (χ3n) is 6.07. The van der Waals surface area contributed by atoms with Gasteiger partial charge in [-0.05, 0) is 30.5 Å². The quantitative estimate of drug-likeness (QED) is 0.379. The van der Waals surface area contributed by atoms with Crippen molar-refractivity contribution in [3.8, 4) is 0 Å². The Kier molecular flexibility index (Phi) is 7.51. The maximum absolute atomic E-state index is 13.1. The second kappa shape index (κ2) is 10.9. The van der Waals surface area contributed by atoms with Crippen molar-refractivity contribution in [1.29, 1.82) is 0 Å². The molecule has 0 aromatic heterocycles. The molecule has 0 saturated carbocycles. The van der Waals surface area contributed by atoms with Gasteiger partial charge in [-0.2, -0.15) is 0 Å². The standard InChI is InChI=1S/C26H24N4O8/c1-14-10-11-19(22(32)27-14)30-23(33)16-8-5-9-17(21(16)24(30)34)29-26(37)38-13-20(31)28-18(25(35)36)12-15-6-3-2-4-7-15/h2-9,18-19H,1,10-13H2,(H,27,32)(H,28,31)(H,29,37)(H,35,36)/t18-,19?/m0/s1. The van der Waals surface area contributed by atoms with E-state index in [-0.39, 0.29) is 29.7 Å². The fourth-order valence-corrected chi connectivity index (χ4v) is 4.26. The zero-order valence-corrected chi connectivity index (χ0v) is 20.1. The molecule has 2 atom stereocenters. The first-order valence-corrected chi connectivity index (χ1v) is 11.6. The predicted molar refractivity (Wildman–Crippen MR) is 132 cm³/mol. The second-order valence-electron chi connectivity index (χ2n) is 8.70. The van der Waals surface area contributed by atoms with Crippen LogP contribution in [0.15, 0.2) is 60.8 Å². The molecule has 12 nitrogen and oxygen atoms in total. The number of aliphatic carboxylic acids is 1. The molecular weight excluding hydrogens is 496 g/mol. The third-order valence-corrected chi connectivity index (χ3v) is 6.07. The minimum Gasteiger partial charge on any atom is -0.480 e. The number of piperidine rings is 1. The Morgan fingerprint density at radius 3 is 2.50 bits per heavy atom. The Hall–Kier alpha value is -5.00. The van der Waals surface area contributed by atoms with Gasteiger partial charge in [-0.3, -0.25) is 29.4 Å². The van der Waals surface area contributed by atoms with E-state index in [1.807, 2.05) is 0 Å². The lowest BCUT2D eigenvalue weighted by atomic mass is 10.0. The summed E-state index contributed by atoms with van der Waals surface area (Å²) in [6, 6.07) is 10.6. The summed E-state index contributed by atoms with van der Waals surface area (Å²) in [6.07, 6.45) is -0.451. The summed E-state index contributed by atoms with van der Waals surface area (Å²) in [5.74, 6) is -4.05. The Morgan fingerprint density at radius 2 is 1.82 bits per heavy atom. The zero-order chi connectivity index (χ0) is 27.4. The van der Waals surface area contributed by atoms with E-state index in [0.29, 0.717) is 17.7 Å². The molecule has 1 saturated heterocycles. The summed E-state index contributed by atoms with van der Waals surface area (Å²) < 4.78 is 4.89. The van der Waals surface area contributed by atoms with Gasteiger partial charge in [-0.1, -0.05) is 43.0 Å². The number of allylic oxidation sites excluding steroid dienone is 1. The zero-order valence-electron chi connectivity index (χ0n) is 20.1. The molecule has 2 heterocycles. The molecule has 2 aliphatic rings. The van der Waals surface area contributed by atoms with Crippen LogP contribution in [-0.4, -0.2) is 64.4 Å². The lowest BCUT2D eigenvalue weighted by Gasteiger charge is -2.29. The topological polar surface area (TPSA) is 171 Å². The minimum absolute atomic E-state index is 0.00737. The number of nitrogens with one attached hydrogen (secondary N) is 3. The van der Waals surface area contributed by atoms with E-state index >= 15 is 0 Å². The van der Waals surface area contributed by atoms with Gasteiger partial charge in [-0.25, -0.2) is 9.59 Å². The van der Waals surface area contributed by atoms with Crippen molar-refractivity contribution >= 4 is 41.4 Å². The van der Waals surface area contributed by atoms with Gasteiger partial charge in [0, 0.05) is 12.1 Å². The molecule has 2 aromatic carbocycles. The van der Waals surface area contributed by atoms with Crippen LogP contribution in [0.1, 0.15) is 39.1 Å². The van der Waals surface area contributed by atoms with Crippen molar-refractivity contribution < 1.29 is 38.6 Å². The van der Waals surface area contributed by atoms with Crippen LogP contribution in [0.3, 0.4) is 0 Å². The van der Waals surface area contributed by atoms with Gasteiger partial charge in [0.05, 0.1) is 16.8 Å².